The van der Waals surface area contributed by atoms with E-state index in [0.717, 1.165) is 6.42 Å². The van der Waals surface area contributed by atoms with Gasteiger partial charge in [-0.25, -0.2) is 0 Å². The highest BCUT2D eigenvalue weighted by Crippen LogP contribution is 2.29. The van der Waals surface area contributed by atoms with Crippen molar-refractivity contribution in [3.63, 3.8) is 0 Å². The van der Waals surface area contributed by atoms with Crippen molar-refractivity contribution in [2.24, 2.45) is 0 Å². The fourth-order valence-electron chi connectivity index (χ4n) is 3.44. The molecule has 0 atom stereocenters. The quantitative estimate of drug-likeness (QED) is 0.724. The molecule has 1 aromatic carbocycles. The zero-order valence-electron chi connectivity index (χ0n) is 12.8. The van der Waals surface area contributed by atoms with Gasteiger partial charge in [0.1, 0.15) is 0 Å². The van der Waals surface area contributed by atoms with Crippen molar-refractivity contribution in [3.8, 4) is 10.4 Å². The van der Waals surface area contributed by atoms with Crippen LogP contribution in [0.2, 0.25) is 0 Å². The molecule has 0 amide bonds. The molecule has 2 nitrogen and oxygen atoms in total. The van der Waals surface area contributed by atoms with Crippen LogP contribution >= 0.6 is 11.3 Å². The molecule has 0 radical (unpaired) electrons. The molecule has 1 aliphatic heterocycles. The van der Waals surface area contributed by atoms with Gasteiger partial charge in [0.25, 0.3) is 0 Å². The van der Waals surface area contributed by atoms with E-state index >= 15 is 0 Å². The second kappa shape index (κ2) is 6.27. The van der Waals surface area contributed by atoms with E-state index in [9.17, 15) is 0 Å². The third-order valence-electron chi connectivity index (χ3n) is 4.72. The van der Waals surface area contributed by atoms with E-state index in [1.54, 1.807) is 0 Å². The Labute approximate surface area is 135 Å². The number of likely N-dealkylation sites (tertiary alicyclic amines) is 1. The fourth-order valence-corrected chi connectivity index (χ4v) is 4.17. The number of hydrogen-bond acceptors (Lipinski definition) is 2. The Balaban J connectivity index is 1.56. The molecule has 1 saturated heterocycles. The van der Waals surface area contributed by atoms with Crippen molar-refractivity contribution < 1.29 is 0 Å². The molecular weight excluding hydrogens is 288 g/mol. The number of hydrogen-bond donors (Lipinski definition) is 1. The number of nitrogens with one attached hydrogen (secondary N) is 1. The summed E-state index contributed by atoms with van der Waals surface area (Å²) in [6.45, 7) is 3.75. The van der Waals surface area contributed by atoms with Crippen molar-refractivity contribution >= 4 is 22.2 Å². The molecule has 1 N–H and O–H groups in total. The van der Waals surface area contributed by atoms with Crippen LogP contribution in [0.25, 0.3) is 21.3 Å². The van der Waals surface area contributed by atoms with Crippen LogP contribution < -0.4 is 0 Å². The van der Waals surface area contributed by atoms with Gasteiger partial charge in [-0.05, 0) is 67.1 Å². The largest absolute Gasteiger partial charge is 0.361 e. The van der Waals surface area contributed by atoms with Crippen molar-refractivity contribution in [2.45, 2.75) is 25.7 Å². The summed E-state index contributed by atoms with van der Waals surface area (Å²) in [4.78, 5) is 7.40. The van der Waals surface area contributed by atoms with E-state index in [1.165, 1.54) is 65.8 Å². The van der Waals surface area contributed by atoms with Crippen molar-refractivity contribution in [1.29, 1.82) is 0 Å². The molecule has 3 aromatic rings. The highest BCUT2D eigenvalue weighted by atomic mass is 32.1. The van der Waals surface area contributed by atoms with Crippen LogP contribution in [0.3, 0.4) is 0 Å². The van der Waals surface area contributed by atoms with Gasteiger partial charge >= 0.3 is 0 Å². The summed E-state index contributed by atoms with van der Waals surface area (Å²) in [5.41, 5.74) is 4.05. The summed E-state index contributed by atoms with van der Waals surface area (Å²) < 4.78 is 0. The highest BCUT2D eigenvalue weighted by Gasteiger charge is 2.12. The lowest BCUT2D eigenvalue weighted by Gasteiger charge is -2.26. The van der Waals surface area contributed by atoms with Gasteiger partial charge in [0.15, 0.2) is 0 Å². The second-order valence-corrected chi connectivity index (χ2v) is 7.15. The normalized spacial score (nSPS) is 16.4. The standard InChI is InChI=1S/C19H22N2S/c1-2-9-21(10-3-1)11-8-16-14-20-18-7-6-15(13-17(16)18)19-5-4-12-22-19/h4-7,12-14,20H,1-3,8-11H2. The first-order valence-electron chi connectivity index (χ1n) is 8.26. The van der Waals surface area contributed by atoms with Crippen LogP contribution in [0.5, 0.6) is 0 Å². The minimum absolute atomic E-state index is 1.15. The monoisotopic (exact) mass is 310 g/mol. The SMILES string of the molecule is c1csc(-c2ccc3[nH]cc(CCN4CCCCC4)c3c2)c1. The molecule has 4 rings (SSSR count). The molecule has 0 saturated carbocycles. The van der Waals surface area contributed by atoms with E-state index in [4.69, 9.17) is 0 Å². The van der Waals surface area contributed by atoms with Gasteiger partial charge in [0.05, 0.1) is 0 Å². The minimum Gasteiger partial charge on any atom is -0.361 e. The molecule has 3 heterocycles. The number of H-pyrrole nitrogens is 1. The average Bonchev–Trinajstić information content (AvgIpc) is 3.23. The summed E-state index contributed by atoms with van der Waals surface area (Å²) in [7, 11) is 0. The first-order chi connectivity index (χ1) is 10.9. The molecule has 1 fully saturated rings. The fraction of sp³-hybridized carbons (Fsp3) is 0.368. The van der Waals surface area contributed by atoms with Gasteiger partial charge in [-0.2, -0.15) is 0 Å². The molecule has 0 spiro atoms. The maximum Gasteiger partial charge on any atom is 0.0457 e. The van der Waals surface area contributed by atoms with E-state index in [1.807, 2.05) is 11.3 Å². The summed E-state index contributed by atoms with van der Waals surface area (Å²) >= 11 is 1.81. The highest BCUT2D eigenvalue weighted by molar-refractivity contribution is 7.13. The van der Waals surface area contributed by atoms with Crippen LogP contribution in [0.1, 0.15) is 24.8 Å². The van der Waals surface area contributed by atoms with E-state index in [0.29, 0.717) is 0 Å². The topological polar surface area (TPSA) is 19.0 Å². The molecule has 2 aromatic heterocycles. The lowest BCUT2D eigenvalue weighted by molar-refractivity contribution is 0.231. The first kappa shape index (κ1) is 14.0. The molecule has 114 valence electrons. The maximum atomic E-state index is 3.43. The molecule has 3 heteroatoms. The third kappa shape index (κ3) is 2.83. The van der Waals surface area contributed by atoms with Gasteiger partial charge in [0.2, 0.25) is 0 Å². The van der Waals surface area contributed by atoms with E-state index < -0.39 is 0 Å². The number of thiophene rings is 1. The summed E-state index contributed by atoms with van der Waals surface area (Å²) in [5.74, 6) is 0. The summed E-state index contributed by atoms with van der Waals surface area (Å²) in [6.07, 6.45) is 7.50. The number of benzene rings is 1. The summed E-state index contributed by atoms with van der Waals surface area (Å²) in [5, 5.41) is 3.54. The predicted octanol–water partition coefficient (Wildman–Crippen LogP) is 4.92. The average molecular weight is 310 g/mol. The Hall–Kier alpha value is -1.58. The van der Waals surface area contributed by atoms with Gasteiger partial charge in [0, 0.05) is 28.5 Å². The Morgan fingerprint density at radius 1 is 1.09 bits per heavy atom. The van der Waals surface area contributed by atoms with Gasteiger partial charge in [-0.3, -0.25) is 0 Å². The number of nitrogens with zero attached hydrogens (tertiary/aromatic N) is 1. The zero-order chi connectivity index (χ0) is 14.8. The molecule has 1 aliphatic rings. The minimum atomic E-state index is 1.15. The van der Waals surface area contributed by atoms with Crippen molar-refractivity contribution in [3.05, 3.63) is 47.5 Å². The number of aromatic nitrogens is 1. The predicted molar refractivity (Wildman–Crippen MR) is 95.6 cm³/mol. The lowest BCUT2D eigenvalue weighted by atomic mass is 10.1. The van der Waals surface area contributed by atoms with Crippen LogP contribution in [-0.2, 0) is 6.42 Å². The second-order valence-electron chi connectivity index (χ2n) is 6.20. The molecular formula is C19H22N2S. The Morgan fingerprint density at radius 2 is 2.00 bits per heavy atom. The van der Waals surface area contributed by atoms with Crippen LogP contribution in [0.15, 0.2) is 41.9 Å². The number of fused-ring (bicyclic) bond motifs is 1. The molecule has 0 aliphatic carbocycles. The maximum absolute atomic E-state index is 3.43. The molecule has 0 bridgehead atoms. The smallest absolute Gasteiger partial charge is 0.0457 e. The van der Waals surface area contributed by atoms with Crippen LogP contribution in [0, 0.1) is 0 Å². The number of piperidine rings is 1. The number of rotatable bonds is 4. The Kier molecular flexibility index (Phi) is 4.00. The van der Waals surface area contributed by atoms with Crippen molar-refractivity contribution in [2.75, 3.05) is 19.6 Å². The van der Waals surface area contributed by atoms with Crippen LogP contribution in [-0.4, -0.2) is 29.5 Å². The molecule has 0 unspecified atom stereocenters. The summed E-state index contributed by atoms with van der Waals surface area (Å²) in [6, 6.07) is 11.1. The van der Waals surface area contributed by atoms with Gasteiger partial charge in [-0.15, -0.1) is 11.3 Å². The van der Waals surface area contributed by atoms with E-state index in [-0.39, 0.29) is 0 Å². The van der Waals surface area contributed by atoms with Gasteiger partial charge < -0.3 is 9.88 Å². The lowest BCUT2D eigenvalue weighted by Crippen LogP contribution is -2.31. The van der Waals surface area contributed by atoms with Crippen molar-refractivity contribution in [1.82, 2.24) is 9.88 Å². The van der Waals surface area contributed by atoms with Crippen LogP contribution in [0.4, 0.5) is 0 Å². The molecule has 22 heavy (non-hydrogen) atoms. The Morgan fingerprint density at radius 3 is 2.82 bits per heavy atom. The third-order valence-corrected chi connectivity index (χ3v) is 5.64. The Bertz CT molecular complexity index is 736. The number of aromatic amines is 1. The van der Waals surface area contributed by atoms with Gasteiger partial charge in [-0.1, -0.05) is 18.6 Å². The zero-order valence-corrected chi connectivity index (χ0v) is 13.7. The first-order valence-corrected chi connectivity index (χ1v) is 9.14. The van der Waals surface area contributed by atoms with E-state index in [2.05, 4.69) is 51.8 Å².